The summed E-state index contributed by atoms with van der Waals surface area (Å²) >= 11 is 1.64. The second-order valence-electron chi connectivity index (χ2n) is 6.10. The second kappa shape index (κ2) is 6.40. The zero-order chi connectivity index (χ0) is 15.6. The number of aliphatic hydroxyl groups is 1. The van der Waals surface area contributed by atoms with Gasteiger partial charge in [0.25, 0.3) is 0 Å². The molecule has 1 aliphatic heterocycles. The zero-order valence-corrected chi connectivity index (χ0v) is 13.9. The number of hydrogen-bond donors (Lipinski definition) is 1. The lowest BCUT2D eigenvalue weighted by atomic mass is 9.88. The molecule has 118 valence electrons. The van der Waals surface area contributed by atoms with Gasteiger partial charge >= 0.3 is 0 Å². The molecule has 1 saturated heterocycles. The number of aryl methyl sites for hydroxylation is 1. The molecule has 0 amide bonds. The van der Waals surface area contributed by atoms with E-state index in [-0.39, 0.29) is 6.04 Å². The molecule has 5 nitrogen and oxygen atoms in total. The Labute approximate surface area is 135 Å². The van der Waals surface area contributed by atoms with Crippen molar-refractivity contribution in [2.75, 3.05) is 13.1 Å². The number of thiazole rings is 1. The quantitative estimate of drug-likeness (QED) is 0.938. The van der Waals surface area contributed by atoms with E-state index in [1.807, 2.05) is 18.4 Å². The van der Waals surface area contributed by atoms with Gasteiger partial charge in [0.2, 0.25) is 0 Å². The van der Waals surface area contributed by atoms with Crippen molar-refractivity contribution in [2.45, 2.75) is 44.8 Å². The number of rotatable bonds is 4. The predicted octanol–water partition coefficient (Wildman–Crippen LogP) is 2.37. The highest BCUT2D eigenvalue weighted by Gasteiger charge is 2.35. The summed E-state index contributed by atoms with van der Waals surface area (Å²) in [6.07, 6.45) is 5.76. The van der Waals surface area contributed by atoms with Gasteiger partial charge in [-0.15, -0.1) is 11.3 Å². The molecule has 2 aromatic heterocycles. The molecule has 3 rings (SSSR count). The lowest BCUT2D eigenvalue weighted by Gasteiger charge is -2.40. The number of nitrogens with zero attached hydrogens (tertiary/aromatic N) is 4. The number of hydrogen-bond acceptors (Lipinski definition) is 6. The van der Waals surface area contributed by atoms with Crippen molar-refractivity contribution in [3.63, 3.8) is 0 Å². The molecule has 0 saturated carbocycles. The first kappa shape index (κ1) is 15.5. The third-order valence-electron chi connectivity index (χ3n) is 4.38. The summed E-state index contributed by atoms with van der Waals surface area (Å²) in [6.45, 7) is 5.85. The molecule has 6 heteroatoms. The summed E-state index contributed by atoms with van der Waals surface area (Å²) in [5.74, 6) is 0.850. The molecule has 0 radical (unpaired) electrons. The largest absolute Gasteiger partial charge is 0.389 e. The highest BCUT2D eigenvalue weighted by molar-refractivity contribution is 7.09. The van der Waals surface area contributed by atoms with E-state index in [0.717, 1.165) is 42.5 Å². The van der Waals surface area contributed by atoms with Crippen LogP contribution in [0.15, 0.2) is 23.8 Å². The Bertz CT molecular complexity index is 608. The summed E-state index contributed by atoms with van der Waals surface area (Å²) in [5, 5.41) is 13.9. The molecule has 0 spiro atoms. The predicted molar refractivity (Wildman–Crippen MR) is 86.8 cm³/mol. The smallest absolute Gasteiger partial charge is 0.145 e. The second-order valence-corrected chi connectivity index (χ2v) is 7.05. The Hall–Kier alpha value is -1.37. The maximum atomic E-state index is 10.8. The van der Waals surface area contributed by atoms with E-state index >= 15 is 0 Å². The van der Waals surface area contributed by atoms with Crippen molar-refractivity contribution < 1.29 is 5.11 Å². The van der Waals surface area contributed by atoms with Gasteiger partial charge in [-0.3, -0.25) is 4.90 Å². The Morgan fingerprint density at radius 1 is 1.32 bits per heavy atom. The van der Waals surface area contributed by atoms with Crippen molar-refractivity contribution in [1.29, 1.82) is 0 Å². The summed E-state index contributed by atoms with van der Waals surface area (Å²) in [6, 6.07) is 2.02. The van der Waals surface area contributed by atoms with Crippen LogP contribution in [-0.4, -0.2) is 43.6 Å². The van der Waals surface area contributed by atoms with Gasteiger partial charge in [0.15, 0.2) is 0 Å². The van der Waals surface area contributed by atoms with Crippen LogP contribution < -0.4 is 0 Å². The van der Waals surface area contributed by atoms with E-state index < -0.39 is 5.60 Å². The number of aromatic nitrogens is 3. The summed E-state index contributed by atoms with van der Waals surface area (Å²) in [7, 11) is 0. The van der Waals surface area contributed by atoms with Gasteiger partial charge in [-0.25, -0.2) is 15.0 Å². The van der Waals surface area contributed by atoms with E-state index in [1.54, 1.807) is 23.7 Å². The molecule has 2 aromatic rings. The van der Waals surface area contributed by atoms with Crippen LogP contribution in [0.25, 0.3) is 0 Å². The standard InChI is InChI=1S/C16H22N4OS/c1-12-11-22-14(19-12)10-16(21)4-8-20(9-5-16)13(2)15-17-6-3-7-18-15/h3,6-7,11,13,21H,4-5,8-10H2,1-2H3. The highest BCUT2D eigenvalue weighted by atomic mass is 32.1. The van der Waals surface area contributed by atoms with E-state index in [0.29, 0.717) is 6.42 Å². The maximum Gasteiger partial charge on any atom is 0.145 e. The third-order valence-corrected chi connectivity index (χ3v) is 5.35. The number of piperidine rings is 1. The molecule has 1 N–H and O–H groups in total. The Morgan fingerprint density at radius 3 is 2.59 bits per heavy atom. The summed E-state index contributed by atoms with van der Waals surface area (Å²) in [5.41, 5.74) is 0.411. The first-order valence-electron chi connectivity index (χ1n) is 7.70. The SMILES string of the molecule is Cc1csc(CC2(O)CCN(C(C)c3ncccn3)CC2)n1. The molecule has 1 atom stereocenters. The maximum absolute atomic E-state index is 10.8. The van der Waals surface area contributed by atoms with E-state index in [2.05, 4.69) is 26.8 Å². The fourth-order valence-electron chi connectivity index (χ4n) is 2.96. The van der Waals surface area contributed by atoms with Gasteiger partial charge in [0, 0.05) is 43.0 Å². The van der Waals surface area contributed by atoms with Crippen molar-refractivity contribution in [1.82, 2.24) is 19.9 Å². The van der Waals surface area contributed by atoms with Crippen LogP contribution >= 0.6 is 11.3 Å². The lowest BCUT2D eigenvalue weighted by Crippen LogP contribution is -2.46. The Balaban J connectivity index is 1.59. The van der Waals surface area contributed by atoms with Crippen LogP contribution in [0, 0.1) is 6.92 Å². The average Bonchev–Trinajstić information content (AvgIpc) is 2.93. The minimum Gasteiger partial charge on any atom is -0.389 e. The topological polar surface area (TPSA) is 62.1 Å². The highest BCUT2D eigenvalue weighted by Crippen LogP contribution is 2.30. The van der Waals surface area contributed by atoms with Crippen LogP contribution in [0.4, 0.5) is 0 Å². The fourth-order valence-corrected chi connectivity index (χ4v) is 3.87. The first-order valence-corrected chi connectivity index (χ1v) is 8.58. The van der Waals surface area contributed by atoms with Gasteiger partial charge in [-0.05, 0) is 32.8 Å². The number of likely N-dealkylation sites (tertiary alicyclic amines) is 1. The van der Waals surface area contributed by atoms with Crippen LogP contribution in [0.1, 0.15) is 42.3 Å². The van der Waals surface area contributed by atoms with Crippen LogP contribution in [0.2, 0.25) is 0 Å². The van der Waals surface area contributed by atoms with Gasteiger partial charge in [-0.1, -0.05) is 0 Å². The van der Waals surface area contributed by atoms with Crippen LogP contribution in [-0.2, 0) is 6.42 Å². The summed E-state index contributed by atoms with van der Waals surface area (Å²) in [4.78, 5) is 15.5. The average molecular weight is 318 g/mol. The molecule has 1 unspecified atom stereocenters. The van der Waals surface area contributed by atoms with Crippen LogP contribution in [0.3, 0.4) is 0 Å². The van der Waals surface area contributed by atoms with Crippen molar-refractivity contribution in [2.24, 2.45) is 0 Å². The van der Waals surface area contributed by atoms with Gasteiger partial charge in [0.1, 0.15) is 5.82 Å². The normalized spacial score (nSPS) is 20.0. The molecule has 1 fully saturated rings. The van der Waals surface area contributed by atoms with Crippen molar-refractivity contribution in [3.8, 4) is 0 Å². The van der Waals surface area contributed by atoms with Crippen molar-refractivity contribution >= 4 is 11.3 Å². The molecule has 3 heterocycles. The van der Waals surface area contributed by atoms with E-state index in [9.17, 15) is 5.11 Å². The fraction of sp³-hybridized carbons (Fsp3) is 0.562. The molecular weight excluding hydrogens is 296 g/mol. The van der Waals surface area contributed by atoms with Gasteiger partial charge < -0.3 is 5.11 Å². The zero-order valence-electron chi connectivity index (χ0n) is 13.1. The van der Waals surface area contributed by atoms with E-state index in [1.165, 1.54) is 0 Å². The van der Waals surface area contributed by atoms with Crippen LogP contribution in [0.5, 0.6) is 0 Å². The Kier molecular flexibility index (Phi) is 4.52. The monoisotopic (exact) mass is 318 g/mol. The Morgan fingerprint density at radius 2 is 2.00 bits per heavy atom. The summed E-state index contributed by atoms with van der Waals surface area (Å²) < 4.78 is 0. The molecule has 0 bridgehead atoms. The van der Waals surface area contributed by atoms with E-state index in [4.69, 9.17) is 0 Å². The van der Waals surface area contributed by atoms with Crippen molar-refractivity contribution in [3.05, 3.63) is 40.4 Å². The minimum absolute atomic E-state index is 0.188. The lowest BCUT2D eigenvalue weighted by molar-refractivity contribution is -0.0299. The molecule has 0 aromatic carbocycles. The molecule has 1 aliphatic rings. The molecular formula is C16H22N4OS. The first-order chi connectivity index (χ1) is 10.6. The third kappa shape index (κ3) is 3.51. The van der Waals surface area contributed by atoms with Gasteiger partial charge in [-0.2, -0.15) is 0 Å². The van der Waals surface area contributed by atoms with Gasteiger partial charge in [0.05, 0.1) is 16.7 Å². The molecule has 0 aliphatic carbocycles. The minimum atomic E-state index is -0.627. The molecule has 22 heavy (non-hydrogen) atoms.